The van der Waals surface area contributed by atoms with E-state index >= 15 is 0 Å². The van der Waals surface area contributed by atoms with E-state index < -0.39 is 7.14 Å². The summed E-state index contributed by atoms with van der Waals surface area (Å²) in [5, 5.41) is 10.5. The second-order valence-corrected chi connectivity index (χ2v) is 16.5. The van der Waals surface area contributed by atoms with Crippen LogP contribution < -0.4 is 30.9 Å². The molecule has 5 rings (SSSR count). The summed E-state index contributed by atoms with van der Waals surface area (Å²) in [6.07, 6.45) is 10.0. The molecule has 0 bridgehead atoms. The van der Waals surface area contributed by atoms with Crippen molar-refractivity contribution in [1.29, 1.82) is 0 Å². The van der Waals surface area contributed by atoms with Crippen molar-refractivity contribution < 1.29 is 14.1 Å². The molecule has 0 atom stereocenters. The molecule has 10 nitrogen and oxygen atoms in total. The van der Waals surface area contributed by atoms with Crippen LogP contribution in [0.4, 0.5) is 34.5 Å². The zero-order valence-corrected chi connectivity index (χ0v) is 29.0. The van der Waals surface area contributed by atoms with E-state index in [9.17, 15) is 9.36 Å². The number of aromatic nitrogens is 2. The lowest BCUT2D eigenvalue weighted by Gasteiger charge is -2.47. The minimum absolute atomic E-state index is 0.265. The first-order valence-corrected chi connectivity index (χ1v) is 18.7. The van der Waals surface area contributed by atoms with E-state index in [2.05, 4.69) is 56.4 Å². The standard InChI is InChI=1S/C34H45ClN7O3P/c1-7-31(43)37-26-20-27(39-33-36-22-24(35)32(40-33)38-25-10-8-9-11-30(25)46(5,6)44)29(45-4)21-28(26)42-18-16-34(17-19-42)14-12-23(13-15-34)41(2)3/h7-11,20-23H,1,12-19H2,2-6H3,(H,37,43)(H2,36,38,39,40). The van der Waals surface area contributed by atoms with Gasteiger partial charge in [-0.3, -0.25) is 4.79 Å². The van der Waals surface area contributed by atoms with Gasteiger partial charge in [-0.25, -0.2) is 4.98 Å². The molecule has 1 saturated heterocycles. The fourth-order valence-corrected chi connectivity index (χ4v) is 7.94. The first-order chi connectivity index (χ1) is 21.9. The smallest absolute Gasteiger partial charge is 0.247 e. The van der Waals surface area contributed by atoms with Crippen molar-refractivity contribution in [3.8, 4) is 5.75 Å². The average Bonchev–Trinajstić information content (AvgIpc) is 3.03. The number of methoxy groups -OCH3 is 1. The predicted octanol–water partition coefficient (Wildman–Crippen LogP) is 7.09. The van der Waals surface area contributed by atoms with Gasteiger partial charge in [0.1, 0.15) is 17.9 Å². The van der Waals surface area contributed by atoms with Gasteiger partial charge in [0.25, 0.3) is 0 Å². The molecule has 1 aromatic heterocycles. The predicted molar refractivity (Wildman–Crippen MR) is 191 cm³/mol. The molecule has 46 heavy (non-hydrogen) atoms. The number of amides is 1. The second kappa shape index (κ2) is 14.0. The van der Waals surface area contributed by atoms with Crippen LogP contribution in [0.5, 0.6) is 5.75 Å². The van der Waals surface area contributed by atoms with Crippen molar-refractivity contribution in [2.24, 2.45) is 5.41 Å². The van der Waals surface area contributed by atoms with Gasteiger partial charge in [0.2, 0.25) is 11.9 Å². The van der Waals surface area contributed by atoms with E-state index in [0.717, 1.165) is 31.6 Å². The zero-order valence-electron chi connectivity index (χ0n) is 27.4. The summed E-state index contributed by atoms with van der Waals surface area (Å²) in [6, 6.07) is 11.9. The number of carbonyl (C=O) groups excluding carboxylic acids is 1. The molecule has 1 aliphatic heterocycles. The van der Waals surface area contributed by atoms with Crippen LogP contribution in [0.3, 0.4) is 0 Å². The SMILES string of the molecule is C=CC(=O)Nc1cc(Nc2ncc(Cl)c(Nc3ccccc3P(C)(C)=O)n2)c(OC)cc1N1CCC2(CCC(N(C)C)CC2)CC1. The van der Waals surface area contributed by atoms with Crippen LogP contribution in [-0.2, 0) is 9.36 Å². The van der Waals surface area contributed by atoms with Gasteiger partial charge in [0, 0.05) is 30.5 Å². The van der Waals surface area contributed by atoms with Gasteiger partial charge in [-0.2, -0.15) is 4.98 Å². The average molecular weight is 666 g/mol. The third-order valence-electron chi connectivity index (χ3n) is 9.40. The maximum absolute atomic E-state index is 12.9. The summed E-state index contributed by atoms with van der Waals surface area (Å²) in [7, 11) is 3.41. The molecule has 3 aromatic rings. The number of hydrogen-bond acceptors (Lipinski definition) is 9. The number of anilines is 6. The number of nitrogens with one attached hydrogen (secondary N) is 3. The van der Waals surface area contributed by atoms with Crippen LogP contribution in [0.1, 0.15) is 38.5 Å². The van der Waals surface area contributed by atoms with Crippen LogP contribution in [-0.4, -0.2) is 74.4 Å². The molecule has 246 valence electrons. The van der Waals surface area contributed by atoms with Crippen molar-refractivity contribution in [1.82, 2.24) is 14.9 Å². The Labute approximate surface area is 277 Å². The first kappa shape index (κ1) is 33.8. The number of halogens is 1. The molecule has 1 amide bonds. The lowest BCUT2D eigenvalue weighted by molar-refractivity contribution is -0.111. The van der Waals surface area contributed by atoms with Crippen molar-refractivity contribution in [3.63, 3.8) is 0 Å². The van der Waals surface area contributed by atoms with Gasteiger partial charge in [-0.05, 0) is 95.6 Å². The van der Waals surface area contributed by atoms with Gasteiger partial charge in [-0.1, -0.05) is 30.3 Å². The first-order valence-electron chi connectivity index (χ1n) is 15.7. The number of rotatable bonds is 10. The van der Waals surface area contributed by atoms with Crippen LogP contribution in [0.2, 0.25) is 5.02 Å². The number of ether oxygens (including phenoxy) is 1. The highest BCUT2D eigenvalue weighted by Gasteiger charge is 2.39. The Balaban J connectivity index is 1.40. The largest absolute Gasteiger partial charge is 0.494 e. The molecule has 1 aliphatic carbocycles. The molecule has 0 radical (unpaired) electrons. The summed E-state index contributed by atoms with van der Waals surface area (Å²) >= 11 is 6.48. The number of para-hydroxylation sites is 1. The van der Waals surface area contributed by atoms with Crippen molar-refractivity contribution in [3.05, 3.63) is 60.3 Å². The molecule has 3 N–H and O–H groups in total. The Bertz CT molecular complexity index is 1620. The second-order valence-electron chi connectivity index (χ2n) is 13.0. The summed E-state index contributed by atoms with van der Waals surface area (Å²) < 4.78 is 18.7. The summed E-state index contributed by atoms with van der Waals surface area (Å²) in [5.41, 5.74) is 3.16. The lowest BCUT2D eigenvalue weighted by Crippen LogP contribution is -2.44. The molecule has 1 saturated carbocycles. The number of benzene rings is 2. The van der Waals surface area contributed by atoms with Crippen LogP contribution >= 0.6 is 18.7 Å². The number of piperidine rings is 1. The van der Waals surface area contributed by atoms with Crippen molar-refractivity contribution in [2.45, 2.75) is 44.6 Å². The molecule has 2 heterocycles. The summed E-state index contributed by atoms with van der Waals surface area (Å²) in [5.74, 6) is 0.901. The van der Waals surface area contributed by atoms with E-state index in [1.807, 2.05) is 36.4 Å². The minimum Gasteiger partial charge on any atom is -0.494 e. The Kier molecular flexibility index (Phi) is 10.3. The van der Waals surface area contributed by atoms with Gasteiger partial charge in [0.15, 0.2) is 5.82 Å². The van der Waals surface area contributed by atoms with Gasteiger partial charge < -0.3 is 35.1 Å². The number of carbonyl (C=O) groups is 1. The molecule has 1 spiro atoms. The third kappa shape index (κ3) is 7.68. The third-order valence-corrected chi connectivity index (χ3v) is 11.2. The maximum Gasteiger partial charge on any atom is 0.247 e. The Morgan fingerprint density at radius 2 is 1.78 bits per heavy atom. The molecule has 12 heteroatoms. The molecular formula is C34H45ClN7O3P. The Hall–Kier alpha value is -3.59. The fraction of sp³-hybridized carbons (Fsp3) is 0.441. The van der Waals surface area contributed by atoms with Crippen LogP contribution in [0.25, 0.3) is 0 Å². The van der Waals surface area contributed by atoms with Gasteiger partial charge in [-0.15, -0.1) is 0 Å². The normalized spacial score (nSPS) is 16.7. The van der Waals surface area contributed by atoms with E-state index in [-0.39, 0.29) is 11.9 Å². The Morgan fingerprint density at radius 3 is 2.41 bits per heavy atom. The Morgan fingerprint density at radius 1 is 1.09 bits per heavy atom. The molecular weight excluding hydrogens is 621 g/mol. The van der Waals surface area contributed by atoms with Gasteiger partial charge >= 0.3 is 0 Å². The van der Waals surface area contributed by atoms with Crippen molar-refractivity contribution >= 4 is 64.5 Å². The highest BCUT2D eigenvalue weighted by Crippen LogP contribution is 2.48. The van der Waals surface area contributed by atoms with Crippen LogP contribution in [0.15, 0.2) is 55.3 Å². The quantitative estimate of drug-likeness (QED) is 0.154. The monoisotopic (exact) mass is 665 g/mol. The van der Waals surface area contributed by atoms with E-state index in [0.29, 0.717) is 50.4 Å². The maximum atomic E-state index is 12.9. The topological polar surface area (TPSA) is 112 Å². The number of hydrogen-bond donors (Lipinski definition) is 3. The lowest BCUT2D eigenvalue weighted by atomic mass is 9.66. The minimum atomic E-state index is -2.57. The molecule has 0 unspecified atom stereocenters. The highest BCUT2D eigenvalue weighted by molar-refractivity contribution is 7.70. The van der Waals surface area contributed by atoms with E-state index in [1.165, 1.54) is 38.0 Å². The number of nitrogens with zero attached hydrogens (tertiary/aromatic N) is 4. The molecule has 2 aliphatic rings. The molecule has 2 aromatic carbocycles. The fourth-order valence-electron chi connectivity index (χ4n) is 6.65. The van der Waals surface area contributed by atoms with Crippen molar-refractivity contribution in [2.75, 3.05) is 68.5 Å². The molecule has 2 fully saturated rings. The van der Waals surface area contributed by atoms with E-state index in [4.69, 9.17) is 16.3 Å². The highest BCUT2D eigenvalue weighted by atomic mass is 35.5. The zero-order chi connectivity index (χ0) is 33.1. The van der Waals surface area contributed by atoms with Crippen LogP contribution in [0, 0.1) is 5.41 Å². The van der Waals surface area contributed by atoms with E-state index in [1.54, 1.807) is 20.4 Å². The van der Waals surface area contributed by atoms with Gasteiger partial charge in [0.05, 0.1) is 36.1 Å². The summed E-state index contributed by atoms with van der Waals surface area (Å²) in [4.78, 5) is 26.3. The summed E-state index contributed by atoms with van der Waals surface area (Å²) in [6.45, 7) is 8.89.